The molecular formula is C11H16O2. The summed E-state index contributed by atoms with van der Waals surface area (Å²) in [7, 11) is 0. The topological polar surface area (TPSA) is 26.3 Å². The van der Waals surface area contributed by atoms with Crippen molar-refractivity contribution in [2.75, 3.05) is 0 Å². The molecule has 2 heteroatoms. The predicted octanol–water partition coefficient (Wildman–Crippen LogP) is 2.81. The van der Waals surface area contributed by atoms with Gasteiger partial charge in [0.1, 0.15) is 5.76 Å². The second-order valence-electron chi connectivity index (χ2n) is 4.43. The molecule has 2 nitrogen and oxygen atoms in total. The molecule has 0 atom stereocenters. The average molecular weight is 180 g/mol. The van der Waals surface area contributed by atoms with Crippen molar-refractivity contribution >= 4 is 5.97 Å². The van der Waals surface area contributed by atoms with E-state index in [1.807, 2.05) is 13.0 Å². The Labute approximate surface area is 79.3 Å². The quantitative estimate of drug-likeness (QED) is 0.423. The Morgan fingerprint density at radius 1 is 1.38 bits per heavy atom. The number of rotatable bonds is 0. The van der Waals surface area contributed by atoms with Crippen molar-refractivity contribution in [1.29, 1.82) is 0 Å². The minimum absolute atomic E-state index is 0.0233. The van der Waals surface area contributed by atoms with Gasteiger partial charge in [-0.1, -0.05) is 26.3 Å². The summed E-state index contributed by atoms with van der Waals surface area (Å²) in [5, 5.41) is 0. The number of ether oxygens (including phenoxy) is 1. The van der Waals surface area contributed by atoms with Gasteiger partial charge in [0, 0.05) is 0 Å². The molecular weight excluding hydrogens is 164 g/mol. The van der Waals surface area contributed by atoms with Gasteiger partial charge in [-0.3, -0.25) is 0 Å². The minimum atomic E-state index is -0.218. The van der Waals surface area contributed by atoms with Crippen LogP contribution < -0.4 is 0 Å². The molecule has 0 aromatic heterocycles. The van der Waals surface area contributed by atoms with E-state index in [2.05, 4.69) is 20.8 Å². The van der Waals surface area contributed by atoms with E-state index in [0.717, 1.165) is 5.57 Å². The van der Waals surface area contributed by atoms with Gasteiger partial charge in [0.25, 0.3) is 0 Å². The van der Waals surface area contributed by atoms with E-state index in [1.54, 1.807) is 6.92 Å². The number of carbonyl (C=O) groups excluding carboxylic acids is 1. The molecule has 1 aliphatic heterocycles. The van der Waals surface area contributed by atoms with Gasteiger partial charge in [-0.2, -0.15) is 0 Å². The largest absolute Gasteiger partial charge is 0.428 e. The maximum atomic E-state index is 11.3. The Balaban J connectivity index is 3.13. The molecule has 0 bridgehead atoms. The maximum Gasteiger partial charge on any atom is 0.343 e. The molecule has 0 amide bonds. The van der Waals surface area contributed by atoms with Crippen LogP contribution in [-0.4, -0.2) is 5.97 Å². The highest BCUT2D eigenvalue weighted by atomic mass is 16.5. The third-order valence-corrected chi connectivity index (χ3v) is 2.35. The van der Waals surface area contributed by atoms with Crippen LogP contribution in [0.4, 0.5) is 0 Å². The van der Waals surface area contributed by atoms with Crippen LogP contribution in [0.15, 0.2) is 23.0 Å². The Hall–Kier alpha value is -1.05. The third-order valence-electron chi connectivity index (χ3n) is 2.35. The van der Waals surface area contributed by atoms with E-state index < -0.39 is 0 Å². The predicted molar refractivity (Wildman–Crippen MR) is 52.0 cm³/mol. The molecule has 1 aliphatic rings. The van der Waals surface area contributed by atoms with Crippen molar-refractivity contribution in [2.45, 2.75) is 34.6 Å². The summed E-state index contributed by atoms with van der Waals surface area (Å²) in [5.41, 5.74) is 1.81. The number of cyclic esters (lactones) is 1. The van der Waals surface area contributed by atoms with Crippen LogP contribution in [0.5, 0.6) is 0 Å². The van der Waals surface area contributed by atoms with Gasteiger partial charge in [-0.25, -0.2) is 4.79 Å². The number of carbonyl (C=O) groups is 1. The van der Waals surface area contributed by atoms with Crippen molar-refractivity contribution in [1.82, 2.24) is 0 Å². The lowest BCUT2D eigenvalue weighted by Gasteiger charge is -2.20. The van der Waals surface area contributed by atoms with E-state index in [4.69, 9.17) is 4.74 Å². The molecule has 0 saturated heterocycles. The summed E-state index contributed by atoms with van der Waals surface area (Å²) in [6.07, 6.45) is 1.81. The lowest BCUT2D eigenvalue weighted by atomic mass is 9.84. The second-order valence-corrected chi connectivity index (χ2v) is 4.43. The number of hydrogen-bond donors (Lipinski definition) is 0. The molecule has 1 heterocycles. The van der Waals surface area contributed by atoms with E-state index >= 15 is 0 Å². The van der Waals surface area contributed by atoms with E-state index in [-0.39, 0.29) is 11.4 Å². The van der Waals surface area contributed by atoms with Gasteiger partial charge in [-0.15, -0.1) is 0 Å². The fraction of sp³-hybridized carbons (Fsp3) is 0.545. The van der Waals surface area contributed by atoms with Gasteiger partial charge >= 0.3 is 5.97 Å². The smallest absolute Gasteiger partial charge is 0.343 e. The molecule has 0 N–H and O–H groups in total. The highest BCUT2D eigenvalue weighted by molar-refractivity contribution is 5.95. The zero-order valence-electron chi connectivity index (χ0n) is 8.89. The SMILES string of the molecule is CC1=C/C(=C(/C)C(C)(C)C)C(=O)O1. The van der Waals surface area contributed by atoms with Crippen molar-refractivity contribution in [3.05, 3.63) is 23.0 Å². The molecule has 0 fully saturated rings. The Morgan fingerprint density at radius 3 is 2.23 bits per heavy atom. The highest BCUT2D eigenvalue weighted by Crippen LogP contribution is 2.31. The van der Waals surface area contributed by atoms with E-state index in [9.17, 15) is 4.79 Å². The summed E-state index contributed by atoms with van der Waals surface area (Å²) in [5.74, 6) is 0.466. The summed E-state index contributed by atoms with van der Waals surface area (Å²) >= 11 is 0. The van der Waals surface area contributed by atoms with E-state index in [0.29, 0.717) is 11.3 Å². The summed E-state index contributed by atoms with van der Waals surface area (Å²) in [6, 6.07) is 0. The molecule has 0 aromatic rings. The van der Waals surface area contributed by atoms with Crippen molar-refractivity contribution in [2.24, 2.45) is 5.41 Å². The molecule has 0 radical (unpaired) electrons. The Morgan fingerprint density at radius 2 is 1.92 bits per heavy atom. The zero-order chi connectivity index (χ0) is 10.2. The summed E-state index contributed by atoms with van der Waals surface area (Å²) < 4.78 is 4.95. The van der Waals surface area contributed by atoms with Crippen molar-refractivity contribution in [3.63, 3.8) is 0 Å². The van der Waals surface area contributed by atoms with Crippen molar-refractivity contribution in [3.8, 4) is 0 Å². The standard InChI is InChI=1S/C11H16O2/c1-7-6-9(10(12)13-7)8(2)11(3,4)5/h6H,1-5H3/b9-8+. The van der Waals surface area contributed by atoms with Crippen LogP contribution >= 0.6 is 0 Å². The second kappa shape index (κ2) is 3.02. The summed E-state index contributed by atoms with van der Waals surface area (Å²) in [6.45, 7) is 10.0. The number of hydrogen-bond acceptors (Lipinski definition) is 2. The van der Waals surface area contributed by atoms with E-state index in [1.165, 1.54) is 0 Å². The first-order valence-corrected chi connectivity index (χ1v) is 4.44. The molecule has 0 unspecified atom stereocenters. The minimum Gasteiger partial charge on any atom is -0.428 e. The monoisotopic (exact) mass is 180 g/mol. The molecule has 0 aliphatic carbocycles. The average Bonchev–Trinajstić information content (AvgIpc) is 2.26. The lowest BCUT2D eigenvalue weighted by Crippen LogP contribution is -2.11. The Kier molecular flexibility index (Phi) is 2.33. The van der Waals surface area contributed by atoms with Gasteiger partial charge in [0.05, 0.1) is 5.57 Å². The first-order valence-electron chi connectivity index (χ1n) is 4.44. The van der Waals surface area contributed by atoms with Gasteiger partial charge in [0.2, 0.25) is 0 Å². The van der Waals surface area contributed by atoms with Crippen LogP contribution in [0.3, 0.4) is 0 Å². The lowest BCUT2D eigenvalue weighted by molar-refractivity contribution is -0.133. The van der Waals surface area contributed by atoms with Gasteiger partial charge in [0.15, 0.2) is 0 Å². The molecule has 1 rings (SSSR count). The molecule has 0 spiro atoms. The van der Waals surface area contributed by atoms with Crippen LogP contribution in [0.25, 0.3) is 0 Å². The highest BCUT2D eigenvalue weighted by Gasteiger charge is 2.25. The fourth-order valence-electron chi connectivity index (χ4n) is 1.16. The van der Waals surface area contributed by atoms with Gasteiger partial charge in [-0.05, 0) is 25.3 Å². The Bertz CT molecular complexity index is 301. The first kappa shape index (κ1) is 10.0. The molecule has 0 saturated carbocycles. The van der Waals surface area contributed by atoms with Crippen LogP contribution in [0.1, 0.15) is 34.6 Å². The summed E-state index contributed by atoms with van der Waals surface area (Å²) in [4.78, 5) is 11.3. The van der Waals surface area contributed by atoms with Crippen LogP contribution in [0, 0.1) is 5.41 Å². The zero-order valence-corrected chi connectivity index (χ0v) is 8.89. The van der Waals surface area contributed by atoms with Gasteiger partial charge < -0.3 is 4.74 Å². The number of allylic oxidation sites excluding steroid dienone is 2. The van der Waals surface area contributed by atoms with Crippen molar-refractivity contribution < 1.29 is 9.53 Å². The third kappa shape index (κ3) is 2.00. The molecule has 72 valence electrons. The van der Waals surface area contributed by atoms with Crippen LogP contribution in [-0.2, 0) is 9.53 Å². The molecule has 13 heavy (non-hydrogen) atoms. The molecule has 0 aromatic carbocycles. The maximum absolute atomic E-state index is 11.3. The number of esters is 1. The fourth-order valence-corrected chi connectivity index (χ4v) is 1.16. The van der Waals surface area contributed by atoms with Crippen LogP contribution in [0.2, 0.25) is 0 Å². The normalized spacial score (nSPS) is 21.3. The first-order chi connectivity index (χ1) is 5.82.